The first-order chi connectivity index (χ1) is 16.9. The maximum absolute atomic E-state index is 13.1. The highest BCUT2D eigenvalue weighted by Crippen LogP contribution is 2.36. The van der Waals surface area contributed by atoms with Crippen molar-refractivity contribution in [3.05, 3.63) is 99.2 Å². The molecule has 1 aliphatic heterocycles. The summed E-state index contributed by atoms with van der Waals surface area (Å²) < 4.78 is 24.2. The number of imide groups is 1. The van der Waals surface area contributed by atoms with Crippen molar-refractivity contribution in [3.63, 3.8) is 0 Å². The maximum atomic E-state index is 13.1. The van der Waals surface area contributed by atoms with Crippen molar-refractivity contribution >= 4 is 46.6 Å². The fourth-order valence-corrected chi connectivity index (χ4v) is 4.33. The number of nitrogens with zero attached hydrogens (tertiary/aromatic N) is 1. The normalized spacial score (nSPS) is 14.5. The maximum Gasteiger partial charge on any atom is 0.343 e. The number of benzene rings is 3. The van der Waals surface area contributed by atoms with Gasteiger partial charge in [0.25, 0.3) is 11.1 Å². The molecule has 0 saturated carbocycles. The van der Waals surface area contributed by atoms with E-state index >= 15 is 0 Å². The summed E-state index contributed by atoms with van der Waals surface area (Å²) in [6.07, 6.45) is 1.57. The summed E-state index contributed by atoms with van der Waals surface area (Å²) in [4.78, 5) is 39.2. The highest BCUT2D eigenvalue weighted by Gasteiger charge is 2.35. The van der Waals surface area contributed by atoms with Crippen molar-refractivity contribution in [2.24, 2.45) is 0 Å². The van der Waals surface area contributed by atoms with Crippen LogP contribution >= 0.6 is 23.4 Å². The Balaban J connectivity index is 1.54. The van der Waals surface area contributed by atoms with Crippen molar-refractivity contribution in [2.75, 3.05) is 6.61 Å². The molecule has 178 valence electrons. The molecular formula is C26H19ClFNO5S. The van der Waals surface area contributed by atoms with Crippen LogP contribution in [0.4, 0.5) is 9.18 Å². The number of halogens is 2. The van der Waals surface area contributed by atoms with Gasteiger partial charge in [0.05, 0.1) is 23.6 Å². The number of carbonyl (C=O) groups excluding carboxylic acids is 3. The summed E-state index contributed by atoms with van der Waals surface area (Å²) in [7, 11) is 0. The lowest BCUT2D eigenvalue weighted by atomic mass is 10.1. The number of esters is 1. The number of carbonyl (C=O) groups is 3. The van der Waals surface area contributed by atoms with E-state index in [0.29, 0.717) is 22.8 Å². The molecule has 0 unspecified atom stereocenters. The van der Waals surface area contributed by atoms with Gasteiger partial charge in [-0.15, -0.1) is 0 Å². The highest BCUT2D eigenvalue weighted by molar-refractivity contribution is 8.18. The molecule has 1 aliphatic rings. The number of rotatable bonds is 7. The van der Waals surface area contributed by atoms with Gasteiger partial charge in [-0.05, 0) is 78.4 Å². The Labute approximate surface area is 210 Å². The molecule has 6 nitrogen and oxygen atoms in total. The second-order valence-corrected chi connectivity index (χ2v) is 8.80. The minimum Gasteiger partial charge on any atom is -0.490 e. The monoisotopic (exact) mass is 511 g/mol. The Bertz CT molecular complexity index is 1330. The number of ether oxygens (including phenoxy) is 2. The third kappa shape index (κ3) is 5.72. The van der Waals surface area contributed by atoms with Crippen LogP contribution in [0.15, 0.2) is 71.6 Å². The Hall–Kier alpha value is -3.62. The van der Waals surface area contributed by atoms with Crippen LogP contribution in [0.25, 0.3) is 6.08 Å². The SMILES string of the molecule is CCOc1cc(/C=C2\SC(=O)N(Cc3ccccc3Cl)C2=O)ccc1OC(=O)c1ccc(F)cc1. The van der Waals surface area contributed by atoms with Gasteiger partial charge in [-0.2, -0.15) is 0 Å². The van der Waals surface area contributed by atoms with E-state index in [9.17, 15) is 18.8 Å². The van der Waals surface area contributed by atoms with E-state index in [0.717, 1.165) is 16.7 Å². The fraction of sp³-hybridized carbons (Fsp3) is 0.115. The van der Waals surface area contributed by atoms with Crippen molar-refractivity contribution in [2.45, 2.75) is 13.5 Å². The molecule has 35 heavy (non-hydrogen) atoms. The average molecular weight is 512 g/mol. The summed E-state index contributed by atoms with van der Waals surface area (Å²) >= 11 is 7.00. The van der Waals surface area contributed by atoms with Gasteiger partial charge in [-0.3, -0.25) is 14.5 Å². The summed E-state index contributed by atoms with van der Waals surface area (Å²) in [5, 5.41) is 0.0821. The number of hydrogen-bond donors (Lipinski definition) is 0. The van der Waals surface area contributed by atoms with Crippen LogP contribution in [0.5, 0.6) is 11.5 Å². The molecule has 0 aromatic heterocycles. The van der Waals surface area contributed by atoms with Gasteiger partial charge >= 0.3 is 5.97 Å². The first kappa shape index (κ1) is 24.5. The number of thioether (sulfide) groups is 1. The molecule has 0 bridgehead atoms. The van der Waals surface area contributed by atoms with Crippen LogP contribution in [0.3, 0.4) is 0 Å². The lowest BCUT2D eigenvalue weighted by Gasteiger charge is -2.13. The molecule has 2 amide bonds. The molecule has 3 aromatic rings. The van der Waals surface area contributed by atoms with Gasteiger partial charge in [0.1, 0.15) is 5.82 Å². The lowest BCUT2D eigenvalue weighted by Crippen LogP contribution is -2.27. The van der Waals surface area contributed by atoms with Gasteiger partial charge in [0.15, 0.2) is 11.5 Å². The molecule has 0 radical (unpaired) electrons. The third-order valence-corrected chi connectivity index (χ3v) is 6.28. The van der Waals surface area contributed by atoms with Gasteiger partial charge in [0.2, 0.25) is 0 Å². The van der Waals surface area contributed by atoms with Crippen LogP contribution in [-0.2, 0) is 11.3 Å². The molecule has 3 aromatic carbocycles. The predicted molar refractivity (Wildman–Crippen MR) is 132 cm³/mol. The Morgan fingerprint density at radius 1 is 1.06 bits per heavy atom. The van der Waals surface area contributed by atoms with Crippen molar-refractivity contribution in [1.82, 2.24) is 4.90 Å². The van der Waals surface area contributed by atoms with E-state index in [1.165, 1.54) is 30.3 Å². The molecule has 0 spiro atoms. The molecule has 0 atom stereocenters. The molecule has 1 heterocycles. The Morgan fingerprint density at radius 2 is 1.80 bits per heavy atom. The first-order valence-electron chi connectivity index (χ1n) is 10.6. The minimum absolute atomic E-state index is 0.0736. The quantitative estimate of drug-likeness (QED) is 0.209. The molecule has 1 saturated heterocycles. The van der Waals surface area contributed by atoms with Gasteiger partial charge in [0, 0.05) is 5.02 Å². The van der Waals surface area contributed by atoms with E-state index < -0.39 is 22.9 Å². The average Bonchev–Trinajstić information content (AvgIpc) is 3.10. The second kappa shape index (κ2) is 10.8. The molecule has 1 fully saturated rings. The van der Waals surface area contributed by atoms with Gasteiger partial charge in [-0.1, -0.05) is 35.9 Å². The van der Waals surface area contributed by atoms with Crippen LogP contribution < -0.4 is 9.47 Å². The number of amides is 2. The zero-order valence-electron chi connectivity index (χ0n) is 18.5. The van der Waals surface area contributed by atoms with Crippen molar-refractivity contribution < 1.29 is 28.2 Å². The highest BCUT2D eigenvalue weighted by atomic mass is 35.5. The second-order valence-electron chi connectivity index (χ2n) is 7.39. The smallest absolute Gasteiger partial charge is 0.343 e. The van der Waals surface area contributed by atoms with Crippen LogP contribution in [0.1, 0.15) is 28.4 Å². The minimum atomic E-state index is -0.667. The standard InChI is InChI=1S/C26H19ClFNO5S/c1-2-33-22-13-16(7-12-21(22)34-25(31)17-8-10-19(28)11-9-17)14-23-24(30)29(26(32)35-23)15-18-5-3-4-6-20(18)27/h3-14H,2,15H2,1H3/b23-14-. The fourth-order valence-electron chi connectivity index (χ4n) is 3.30. The summed E-state index contributed by atoms with van der Waals surface area (Å²) in [6, 6.07) is 16.8. The third-order valence-electron chi connectivity index (χ3n) is 5.01. The first-order valence-corrected chi connectivity index (χ1v) is 11.8. The predicted octanol–water partition coefficient (Wildman–Crippen LogP) is 6.33. The zero-order valence-corrected chi connectivity index (χ0v) is 20.1. The molecule has 4 rings (SSSR count). The van der Waals surface area contributed by atoms with E-state index in [1.807, 2.05) is 0 Å². The van der Waals surface area contributed by atoms with Crippen molar-refractivity contribution in [1.29, 1.82) is 0 Å². The lowest BCUT2D eigenvalue weighted by molar-refractivity contribution is -0.123. The zero-order chi connectivity index (χ0) is 24.9. The van der Waals surface area contributed by atoms with E-state index in [2.05, 4.69) is 0 Å². The van der Waals surface area contributed by atoms with Crippen LogP contribution in [0.2, 0.25) is 5.02 Å². The van der Waals surface area contributed by atoms with Crippen molar-refractivity contribution in [3.8, 4) is 11.5 Å². The summed E-state index contributed by atoms with van der Waals surface area (Å²) in [5.41, 5.74) is 1.44. The van der Waals surface area contributed by atoms with Gasteiger partial charge in [-0.25, -0.2) is 9.18 Å². The largest absolute Gasteiger partial charge is 0.490 e. The van der Waals surface area contributed by atoms with E-state index in [4.69, 9.17) is 21.1 Å². The van der Waals surface area contributed by atoms with E-state index in [-0.39, 0.29) is 28.5 Å². The Kier molecular flexibility index (Phi) is 7.53. The number of hydrogen-bond acceptors (Lipinski definition) is 6. The summed E-state index contributed by atoms with van der Waals surface area (Å²) in [5.74, 6) is -1.10. The summed E-state index contributed by atoms with van der Waals surface area (Å²) in [6.45, 7) is 2.15. The molecule has 0 N–H and O–H groups in total. The van der Waals surface area contributed by atoms with E-state index in [1.54, 1.807) is 49.4 Å². The molecular weight excluding hydrogens is 493 g/mol. The topological polar surface area (TPSA) is 72.9 Å². The molecule has 9 heteroatoms. The van der Waals surface area contributed by atoms with Crippen LogP contribution in [-0.4, -0.2) is 28.6 Å². The molecule has 0 aliphatic carbocycles. The van der Waals surface area contributed by atoms with Gasteiger partial charge < -0.3 is 9.47 Å². The Morgan fingerprint density at radius 3 is 2.51 bits per heavy atom. The van der Waals surface area contributed by atoms with Crippen LogP contribution in [0, 0.1) is 5.82 Å².